The maximum atomic E-state index is 13.2. The number of benzene rings is 2. The Bertz CT molecular complexity index is 1410. The summed E-state index contributed by atoms with van der Waals surface area (Å²) in [5.74, 6) is -2.09. The number of aromatic nitrogens is 1. The minimum absolute atomic E-state index is 0.0308. The number of amides is 1. The van der Waals surface area contributed by atoms with Crippen molar-refractivity contribution in [2.24, 2.45) is 0 Å². The standard InChI is InChI=1S/C22H19F4N3O4S/c1-28(34(2,32)33)19-15-8-13(7-12-3-5-14(23)6-4-12)9-27-18(15)20(30)17-16(19)10-29(21(17)31)11-22(24,25)26/h3-6,8-9,30H,7,10-11H2,1-2H3. The van der Waals surface area contributed by atoms with Gasteiger partial charge in [0.1, 0.15) is 17.9 Å². The molecule has 1 aromatic heterocycles. The Morgan fingerprint density at radius 2 is 1.82 bits per heavy atom. The van der Waals surface area contributed by atoms with E-state index >= 15 is 0 Å². The first-order valence-corrected chi connectivity index (χ1v) is 11.8. The molecule has 1 aliphatic rings. The van der Waals surface area contributed by atoms with Gasteiger partial charge in [0, 0.05) is 30.7 Å². The van der Waals surface area contributed by atoms with Crippen molar-refractivity contribution in [3.8, 4) is 5.75 Å². The topological polar surface area (TPSA) is 90.8 Å². The summed E-state index contributed by atoms with van der Waals surface area (Å²) in [7, 11) is -2.68. The molecule has 0 saturated carbocycles. The van der Waals surface area contributed by atoms with Crippen LogP contribution in [0.4, 0.5) is 23.2 Å². The van der Waals surface area contributed by atoms with E-state index in [4.69, 9.17) is 0 Å². The van der Waals surface area contributed by atoms with Crippen LogP contribution in [-0.2, 0) is 23.0 Å². The van der Waals surface area contributed by atoms with Crippen LogP contribution in [0.3, 0.4) is 0 Å². The Hall–Kier alpha value is -3.41. The molecule has 0 bridgehead atoms. The van der Waals surface area contributed by atoms with Crippen molar-refractivity contribution < 1.29 is 35.9 Å². The van der Waals surface area contributed by atoms with Gasteiger partial charge in [0.15, 0.2) is 5.75 Å². The van der Waals surface area contributed by atoms with Gasteiger partial charge < -0.3 is 10.0 Å². The highest BCUT2D eigenvalue weighted by Gasteiger charge is 2.42. The molecule has 180 valence electrons. The van der Waals surface area contributed by atoms with Gasteiger partial charge in [0.2, 0.25) is 10.0 Å². The summed E-state index contributed by atoms with van der Waals surface area (Å²) in [6.45, 7) is -2.09. The lowest BCUT2D eigenvalue weighted by Gasteiger charge is -2.23. The molecule has 2 aromatic carbocycles. The summed E-state index contributed by atoms with van der Waals surface area (Å²) in [4.78, 5) is 17.4. The SMILES string of the molecule is CN(c1c2c(c(O)c3ncc(Cc4ccc(F)cc4)cc13)C(=O)N(CC(F)(F)F)C2)S(C)(=O)=O. The smallest absolute Gasteiger partial charge is 0.406 e. The lowest BCUT2D eigenvalue weighted by atomic mass is 9.98. The molecule has 1 N–H and O–H groups in total. The number of pyridine rings is 1. The Morgan fingerprint density at radius 3 is 2.41 bits per heavy atom. The van der Waals surface area contributed by atoms with Crippen LogP contribution in [0.2, 0.25) is 0 Å². The molecule has 34 heavy (non-hydrogen) atoms. The molecule has 7 nitrogen and oxygen atoms in total. The minimum atomic E-state index is -4.68. The number of hydrogen-bond acceptors (Lipinski definition) is 5. The van der Waals surface area contributed by atoms with Gasteiger partial charge in [-0.1, -0.05) is 12.1 Å². The van der Waals surface area contributed by atoms with Crippen molar-refractivity contribution >= 4 is 32.5 Å². The second-order valence-corrected chi connectivity index (χ2v) is 10.1. The van der Waals surface area contributed by atoms with Crippen LogP contribution in [0.1, 0.15) is 27.0 Å². The van der Waals surface area contributed by atoms with Gasteiger partial charge in [0.25, 0.3) is 5.91 Å². The molecule has 0 fully saturated rings. The summed E-state index contributed by atoms with van der Waals surface area (Å²) in [5, 5.41) is 10.9. The van der Waals surface area contributed by atoms with E-state index in [1.54, 1.807) is 18.2 Å². The number of aromatic hydroxyl groups is 1. The number of rotatable bonds is 5. The Balaban J connectivity index is 1.92. The predicted molar refractivity (Wildman–Crippen MR) is 117 cm³/mol. The average molecular weight is 497 g/mol. The lowest BCUT2D eigenvalue weighted by Crippen LogP contribution is -2.34. The number of nitrogens with zero attached hydrogens (tertiary/aromatic N) is 3. The number of halogens is 4. The van der Waals surface area contributed by atoms with E-state index in [-0.39, 0.29) is 22.2 Å². The van der Waals surface area contributed by atoms with Gasteiger partial charge in [-0.05, 0) is 35.7 Å². The van der Waals surface area contributed by atoms with Gasteiger partial charge in [-0.15, -0.1) is 0 Å². The highest BCUT2D eigenvalue weighted by atomic mass is 32.2. The maximum absolute atomic E-state index is 13.2. The molecule has 12 heteroatoms. The van der Waals surface area contributed by atoms with Crippen LogP contribution in [0.5, 0.6) is 5.75 Å². The molecular weight excluding hydrogens is 478 g/mol. The van der Waals surface area contributed by atoms with Crippen LogP contribution >= 0.6 is 0 Å². The van der Waals surface area contributed by atoms with Crippen molar-refractivity contribution in [2.45, 2.75) is 19.1 Å². The molecule has 0 spiro atoms. The van der Waals surface area contributed by atoms with Crippen LogP contribution in [0.15, 0.2) is 36.5 Å². The third-order valence-corrected chi connectivity index (χ3v) is 6.78. The van der Waals surface area contributed by atoms with Crippen molar-refractivity contribution in [3.05, 3.63) is 64.6 Å². The molecule has 0 atom stereocenters. The Labute approximate surface area is 192 Å². The summed E-state index contributed by atoms with van der Waals surface area (Å²) >= 11 is 0. The van der Waals surface area contributed by atoms with Gasteiger partial charge in [0.05, 0.1) is 17.5 Å². The zero-order valence-electron chi connectivity index (χ0n) is 18.0. The van der Waals surface area contributed by atoms with Crippen LogP contribution in [0, 0.1) is 5.82 Å². The van der Waals surface area contributed by atoms with E-state index in [1.807, 2.05) is 0 Å². The number of carbonyl (C=O) groups is 1. The Morgan fingerprint density at radius 1 is 1.18 bits per heavy atom. The zero-order chi connectivity index (χ0) is 25.0. The highest BCUT2D eigenvalue weighted by Crippen LogP contribution is 2.45. The summed E-state index contributed by atoms with van der Waals surface area (Å²) < 4.78 is 77.9. The number of sulfonamides is 1. The van der Waals surface area contributed by atoms with Gasteiger partial charge >= 0.3 is 6.18 Å². The number of anilines is 1. The summed E-state index contributed by atoms with van der Waals surface area (Å²) in [5.41, 5.74) is 0.732. The van der Waals surface area contributed by atoms with Crippen molar-refractivity contribution in [3.63, 3.8) is 0 Å². The number of phenols is 1. The lowest BCUT2D eigenvalue weighted by molar-refractivity contribution is -0.140. The average Bonchev–Trinajstić information content (AvgIpc) is 3.03. The predicted octanol–water partition coefficient (Wildman–Crippen LogP) is 3.58. The van der Waals surface area contributed by atoms with E-state index in [0.717, 1.165) is 16.1 Å². The number of fused-ring (bicyclic) bond motifs is 2. The fraction of sp³-hybridized carbons (Fsp3) is 0.273. The molecule has 1 amide bonds. The quantitative estimate of drug-likeness (QED) is 0.545. The monoisotopic (exact) mass is 497 g/mol. The molecule has 2 heterocycles. The fourth-order valence-corrected chi connectivity index (χ4v) is 4.57. The van der Waals surface area contributed by atoms with Crippen LogP contribution < -0.4 is 4.31 Å². The van der Waals surface area contributed by atoms with E-state index in [0.29, 0.717) is 16.9 Å². The molecule has 1 aliphatic heterocycles. The summed E-state index contributed by atoms with van der Waals surface area (Å²) in [6.07, 6.45) is -2.08. The third kappa shape index (κ3) is 4.37. The van der Waals surface area contributed by atoms with Crippen LogP contribution in [0.25, 0.3) is 10.9 Å². The normalized spacial score (nSPS) is 14.1. The molecule has 0 aliphatic carbocycles. The molecule has 0 saturated heterocycles. The number of carbonyl (C=O) groups excluding carboxylic acids is 1. The first-order valence-electron chi connectivity index (χ1n) is 9.97. The molecule has 0 unspecified atom stereocenters. The van der Waals surface area contributed by atoms with Crippen LogP contribution in [-0.4, -0.2) is 55.3 Å². The van der Waals surface area contributed by atoms with Crippen molar-refractivity contribution in [1.82, 2.24) is 9.88 Å². The van der Waals surface area contributed by atoms with Crippen molar-refractivity contribution in [2.75, 3.05) is 24.2 Å². The van der Waals surface area contributed by atoms with E-state index < -0.39 is 52.3 Å². The minimum Gasteiger partial charge on any atom is -0.505 e. The number of phenolic OH excluding ortho intramolecular Hbond substituents is 1. The van der Waals surface area contributed by atoms with Gasteiger partial charge in [-0.2, -0.15) is 13.2 Å². The largest absolute Gasteiger partial charge is 0.505 e. The highest BCUT2D eigenvalue weighted by molar-refractivity contribution is 7.92. The van der Waals surface area contributed by atoms with E-state index in [9.17, 15) is 35.9 Å². The Kier molecular flexibility index (Phi) is 5.67. The third-order valence-electron chi connectivity index (χ3n) is 5.60. The molecule has 0 radical (unpaired) electrons. The molecular formula is C22H19F4N3O4S. The maximum Gasteiger partial charge on any atom is 0.406 e. The van der Waals surface area contributed by atoms with Crippen molar-refractivity contribution in [1.29, 1.82) is 0 Å². The second-order valence-electron chi connectivity index (χ2n) is 8.10. The van der Waals surface area contributed by atoms with E-state index in [1.165, 1.54) is 25.4 Å². The number of alkyl halides is 3. The van der Waals surface area contributed by atoms with Gasteiger partial charge in [-0.25, -0.2) is 12.8 Å². The van der Waals surface area contributed by atoms with E-state index in [2.05, 4.69) is 4.98 Å². The molecule has 4 rings (SSSR count). The second kappa shape index (κ2) is 8.12. The first kappa shape index (κ1) is 23.7. The summed E-state index contributed by atoms with van der Waals surface area (Å²) in [6, 6.07) is 7.26. The van der Waals surface area contributed by atoms with Gasteiger partial charge in [-0.3, -0.25) is 14.1 Å². The molecule has 3 aromatic rings. The number of hydrogen-bond donors (Lipinski definition) is 1. The first-order chi connectivity index (χ1) is 15.8. The fourth-order valence-electron chi connectivity index (χ4n) is 4.03. The zero-order valence-corrected chi connectivity index (χ0v) is 18.8.